The SMILES string of the molecule is COc1cc(NCc2ccc(-c3ccc(C(=O)Nc4ccccc4N)cc3)cc2)cc(C)c1OC. The number of benzene rings is 4. The first-order chi connectivity index (χ1) is 17.0. The molecule has 6 heteroatoms. The fraction of sp³-hybridized carbons (Fsp3) is 0.138. The van der Waals surface area contributed by atoms with Crippen LogP contribution in [0.15, 0.2) is 84.9 Å². The van der Waals surface area contributed by atoms with Gasteiger partial charge in [-0.25, -0.2) is 0 Å². The van der Waals surface area contributed by atoms with Crippen molar-refractivity contribution in [2.45, 2.75) is 13.5 Å². The van der Waals surface area contributed by atoms with Crippen molar-refractivity contribution >= 4 is 23.0 Å². The predicted octanol–water partition coefficient (Wildman–Crippen LogP) is 6.13. The molecule has 4 aromatic carbocycles. The van der Waals surface area contributed by atoms with Crippen molar-refractivity contribution in [1.29, 1.82) is 0 Å². The van der Waals surface area contributed by atoms with Crippen molar-refractivity contribution < 1.29 is 14.3 Å². The Morgan fingerprint density at radius 1 is 0.857 bits per heavy atom. The van der Waals surface area contributed by atoms with Crippen molar-refractivity contribution in [2.24, 2.45) is 0 Å². The summed E-state index contributed by atoms with van der Waals surface area (Å²) in [4.78, 5) is 12.6. The highest BCUT2D eigenvalue weighted by Gasteiger charge is 2.10. The van der Waals surface area contributed by atoms with E-state index < -0.39 is 0 Å². The van der Waals surface area contributed by atoms with Gasteiger partial charge in [-0.15, -0.1) is 0 Å². The molecule has 0 spiro atoms. The number of anilines is 3. The summed E-state index contributed by atoms with van der Waals surface area (Å²) < 4.78 is 10.8. The molecule has 0 fully saturated rings. The van der Waals surface area contributed by atoms with Crippen molar-refractivity contribution in [1.82, 2.24) is 0 Å². The quantitative estimate of drug-likeness (QED) is 0.272. The van der Waals surface area contributed by atoms with Crippen LogP contribution in [0.2, 0.25) is 0 Å². The molecule has 0 aliphatic rings. The number of rotatable bonds is 8. The Labute approximate surface area is 205 Å². The van der Waals surface area contributed by atoms with Gasteiger partial charge in [-0.05, 0) is 59.5 Å². The van der Waals surface area contributed by atoms with E-state index in [2.05, 4.69) is 34.9 Å². The topological polar surface area (TPSA) is 85.6 Å². The van der Waals surface area contributed by atoms with E-state index in [1.54, 1.807) is 26.4 Å². The molecule has 0 radical (unpaired) electrons. The third-order valence-corrected chi connectivity index (χ3v) is 5.80. The van der Waals surface area contributed by atoms with Gasteiger partial charge in [0.25, 0.3) is 5.91 Å². The second-order valence-corrected chi connectivity index (χ2v) is 8.20. The molecule has 0 aliphatic carbocycles. The summed E-state index contributed by atoms with van der Waals surface area (Å²) in [5.74, 6) is 1.26. The molecule has 4 rings (SSSR count). The summed E-state index contributed by atoms with van der Waals surface area (Å²) in [5.41, 5.74) is 12.9. The Kier molecular flexibility index (Phi) is 7.21. The van der Waals surface area contributed by atoms with Crippen LogP contribution in [0, 0.1) is 6.92 Å². The van der Waals surface area contributed by atoms with E-state index in [0.717, 1.165) is 33.7 Å². The second-order valence-electron chi connectivity index (χ2n) is 8.20. The summed E-state index contributed by atoms with van der Waals surface area (Å²) in [7, 11) is 3.28. The van der Waals surface area contributed by atoms with Crippen molar-refractivity contribution in [2.75, 3.05) is 30.6 Å². The monoisotopic (exact) mass is 467 g/mol. The van der Waals surface area contributed by atoms with E-state index >= 15 is 0 Å². The minimum absolute atomic E-state index is 0.193. The van der Waals surface area contributed by atoms with Gasteiger partial charge in [0.1, 0.15) is 0 Å². The lowest BCUT2D eigenvalue weighted by atomic mass is 10.0. The molecule has 4 N–H and O–H groups in total. The Bertz CT molecular complexity index is 1320. The number of carbonyl (C=O) groups excluding carboxylic acids is 1. The first-order valence-electron chi connectivity index (χ1n) is 11.3. The van der Waals surface area contributed by atoms with Gasteiger partial charge in [0, 0.05) is 23.9 Å². The average molecular weight is 468 g/mol. The summed E-state index contributed by atoms with van der Waals surface area (Å²) in [5, 5.41) is 6.29. The van der Waals surface area contributed by atoms with Gasteiger partial charge >= 0.3 is 0 Å². The molecule has 4 aromatic rings. The lowest BCUT2D eigenvalue weighted by molar-refractivity contribution is 0.102. The Hall–Kier alpha value is -4.45. The van der Waals surface area contributed by atoms with Crippen LogP contribution < -0.4 is 25.8 Å². The standard InChI is InChI=1S/C29H29N3O3/c1-19-16-24(17-27(34-2)28(19)35-3)31-18-20-8-10-21(11-9-20)22-12-14-23(15-13-22)29(33)32-26-7-5-4-6-25(26)30/h4-17,31H,18,30H2,1-3H3,(H,32,33). The number of para-hydroxylation sites is 2. The molecular formula is C29H29N3O3. The van der Waals surface area contributed by atoms with Crippen molar-refractivity contribution in [3.63, 3.8) is 0 Å². The molecule has 6 nitrogen and oxygen atoms in total. The van der Waals surface area contributed by atoms with E-state index in [-0.39, 0.29) is 5.91 Å². The van der Waals surface area contributed by atoms with E-state index in [4.69, 9.17) is 15.2 Å². The zero-order valence-corrected chi connectivity index (χ0v) is 20.1. The largest absolute Gasteiger partial charge is 0.493 e. The zero-order chi connectivity index (χ0) is 24.8. The van der Waals surface area contributed by atoms with Crippen LogP contribution in [-0.4, -0.2) is 20.1 Å². The number of nitrogens with one attached hydrogen (secondary N) is 2. The zero-order valence-electron chi connectivity index (χ0n) is 20.1. The molecule has 35 heavy (non-hydrogen) atoms. The third kappa shape index (κ3) is 5.55. The number of ether oxygens (including phenoxy) is 2. The molecule has 0 saturated carbocycles. The number of hydrogen-bond donors (Lipinski definition) is 3. The van der Waals surface area contributed by atoms with Gasteiger partial charge in [0.05, 0.1) is 25.6 Å². The normalized spacial score (nSPS) is 10.5. The number of carbonyl (C=O) groups is 1. The summed E-state index contributed by atoms with van der Waals surface area (Å²) in [6, 6.07) is 27.1. The van der Waals surface area contributed by atoms with Crippen LogP contribution in [0.5, 0.6) is 11.5 Å². The summed E-state index contributed by atoms with van der Waals surface area (Å²) in [6.07, 6.45) is 0. The Morgan fingerprint density at radius 2 is 1.51 bits per heavy atom. The number of aryl methyl sites for hydroxylation is 1. The van der Waals surface area contributed by atoms with E-state index in [1.165, 1.54) is 0 Å². The average Bonchev–Trinajstić information content (AvgIpc) is 2.88. The van der Waals surface area contributed by atoms with Gasteiger partial charge < -0.3 is 25.8 Å². The van der Waals surface area contributed by atoms with E-state index in [0.29, 0.717) is 29.2 Å². The number of amides is 1. The van der Waals surface area contributed by atoms with Crippen LogP contribution in [0.4, 0.5) is 17.1 Å². The van der Waals surface area contributed by atoms with Crippen LogP contribution in [-0.2, 0) is 6.54 Å². The maximum absolute atomic E-state index is 12.6. The lowest BCUT2D eigenvalue weighted by Crippen LogP contribution is -2.12. The molecule has 0 aromatic heterocycles. The molecular weight excluding hydrogens is 438 g/mol. The maximum atomic E-state index is 12.6. The van der Waals surface area contributed by atoms with Gasteiger partial charge in [0.2, 0.25) is 0 Å². The highest BCUT2D eigenvalue weighted by molar-refractivity contribution is 6.05. The summed E-state index contributed by atoms with van der Waals surface area (Å²) in [6.45, 7) is 2.67. The van der Waals surface area contributed by atoms with Gasteiger partial charge in [-0.1, -0.05) is 48.5 Å². The number of nitrogens with two attached hydrogens (primary N) is 1. The number of hydrogen-bond acceptors (Lipinski definition) is 5. The van der Waals surface area contributed by atoms with Crippen molar-refractivity contribution in [3.05, 3.63) is 102 Å². The molecule has 0 saturated heterocycles. The fourth-order valence-corrected chi connectivity index (χ4v) is 3.90. The summed E-state index contributed by atoms with van der Waals surface area (Å²) >= 11 is 0. The molecule has 0 aliphatic heterocycles. The second kappa shape index (κ2) is 10.7. The Balaban J connectivity index is 1.39. The van der Waals surface area contributed by atoms with E-state index in [1.807, 2.05) is 55.5 Å². The van der Waals surface area contributed by atoms with Crippen molar-refractivity contribution in [3.8, 4) is 22.6 Å². The first kappa shape index (κ1) is 23.7. The molecule has 0 bridgehead atoms. The third-order valence-electron chi connectivity index (χ3n) is 5.80. The van der Waals surface area contributed by atoms with Crippen LogP contribution in [0.3, 0.4) is 0 Å². The molecule has 0 heterocycles. The van der Waals surface area contributed by atoms with Crippen LogP contribution in [0.1, 0.15) is 21.5 Å². The first-order valence-corrected chi connectivity index (χ1v) is 11.3. The highest BCUT2D eigenvalue weighted by atomic mass is 16.5. The lowest BCUT2D eigenvalue weighted by Gasteiger charge is -2.14. The van der Waals surface area contributed by atoms with Gasteiger partial charge in [-0.2, -0.15) is 0 Å². The minimum atomic E-state index is -0.193. The molecule has 178 valence electrons. The van der Waals surface area contributed by atoms with Gasteiger partial charge in [0.15, 0.2) is 11.5 Å². The number of nitrogen functional groups attached to an aromatic ring is 1. The highest BCUT2D eigenvalue weighted by Crippen LogP contribution is 2.34. The van der Waals surface area contributed by atoms with E-state index in [9.17, 15) is 4.79 Å². The molecule has 1 amide bonds. The van der Waals surface area contributed by atoms with Crippen LogP contribution in [0.25, 0.3) is 11.1 Å². The Morgan fingerprint density at radius 3 is 2.14 bits per heavy atom. The predicted molar refractivity (Wildman–Crippen MR) is 142 cm³/mol. The molecule has 0 unspecified atom stereocenters. The fourth-order valence-electron chi connectivity index (χ4n) is 3.90. The molecule has 0 atom stereocenters. The smallest absolute Gasteiger partial charge is 0.255 e. The minimum Gasteiger partial charge on any atom is -0.493 e. The maximum Gasteiger partial charge on any atom is 0.255 e. The van der Waals surface area contributed by atoms with Crippen LogP contribution >= 0.6 is 0 Å². The van der Waals surface area contributed by atoms with Gasteiger partial charge in [-0.3, -0.25) is 4.79 Å². The number of methoxy groups -OCH3 is 2.